The van der Waals surface area contributed by atoms with Crippen molar-refractivity contribution in [3.8, 4) is 5.75 Å². The van der Waals surface area contributed by atoms with Gasteiger partial charge < -0.3 is 14.8 Å². The molecule has 7 nitrogen and oxygen atoms in total. The largest absolute Gasteiger partial charge is 0.482 e. The highest BCUT2D eigenvalue weighted by Gasteiger charge is 2.32. The molecular weight excluding hydrogens is 288 g/mol. The molecule has 1 aliphatic rings. The molecule has 110 valence electrons. The maximum atomic E-state index is 11.3. The van der Waals surface area contributed by atoms with Gasteiger partial charge in [-0.25, -0.2) is 0 Å². The van der Waals surface area contributed by atoms with Crippen LogP contribution in [0.25, 0.3) is 0 Å². The van der Waals surface area contributed by atoms with Gasteiger partial charge in [0.05, 0.1) is 12.0 Å². The number of ether oxygens (including phenoxy) is 2. The lowest BCUT2D eigenvalue weighted by Crippen LogP contribution is -2.31. The molecule has 1 aromatic rings. The predicted octanol–water partition coefficient (Wildman–Crippen LogP) is 1.30. The Hall–Kier alpha value is -1.86. The maximum absolute atomic E-state index is 11.3. The molecule has 1 fully saturated rings. The number of esters is 1. The first-order valence-corrected chi connectivity index (χ1v) is 5.83. The number of carbonyl (C=O) groups excluding carboxylic acids is 1. The second-order valence-corrected chi connectivity index (χ2v) is 4.18. The summed E-state index contributed by atoms with van der Waals surface area (Å²) in [5.74, 6) is -0.140. The van der Waals surface area contributed by atoms with E-state index in [1.807, 2.05) is 0 Å². The number of hydrogen-bond acceptors (Lipinski definition) is 6. The van der Waals surface area contributed by atoms with Crippen molar-refractivity contribution in [1.29, 1.82) is 0 Å². The Morgan fingerprint density at radius 2 is 2.15 bits per heavy atom. The lowest BCUT2D eigenvalue weighted by molar-refractivity contribution is -0.386. The van der Waals surface area contributed by atoms with Crippen molar-refractivity contribution < 1.29 is 19.2 Å². The minimum Gasteiger partial charge on any atom is -0.482 e. The van der Waals surface area contributed by atoms with Crippen LogP contribution in [-0.2, 0) is 9.53 Å². The molecule has 2 atom stereocenters. The molecule has 0 bridgehead atoms. The molecule has 20 heavy (non-hydrogen) atoms. The molecule has 0 unspecified atom stereocenters. The van der Waals surface area contributed by atoms with E-state index >= 15 is 0 Å². The minimum atomic E-state index is -0.491. The summed E-state index contributed by atoms with van der Waals surface area (Å²) < 4.78 is 10.2. The van der Waals surface area contributed by atoms with Crippen molar-refractivity contribution in [2.75, 3.05) is 13.7 Å². The second kappa shape index (κ2) is 7.06. The van der Waals surface area contributed by atoms with Crippen LogP contribution in [0.2, 0.25) is 0 Å². The number of hydrogen-bond donors (Lipinski definition) is 1. The number of halogens is 1. The zero-order valence-corrected chi connectivity index (χ0v) is 11.6. The molecular formula is C12H15ClN2O5. The summed E-state index contributed by atoms with van der Waals surface area (Å²) in [5.41, 5.74) is -0.0796. The molecule has 8 heteroatoms. The van der Waals surface area contributed by atoms with Gasteiger partial charge in [-0.3, -0.25) is 14.9 Å². The molecule has 0 spiro atoms. The van der Waals surface area contributed by atoms with Gasteiger partial charge >= 0.3 is 11.7 Å². The number of benzene rings is 1. The maximum Gasteiger partial charge on any atom is 0.323 e. The summed E-state index contributed by atoms with van der Waals surface area (Å²) in [4.78, 5) is 21.7. The van der Waals surface area contributed by atoms with E-state index in [9.17, 15) is 14.9 Å². The highest BCUT2D eigenvalue weighted by Crippen LogP contribution is 2.28. The van der Waals surface area contributed by atoms with Crippen LogP contribution in [0.15, 0.2) is 24.3 Å². The molecule has 1 saturated heterocycles. The Morgan fingerprint density at radius 1 is 1.45 bits per heavy atom. The molecule has 2 rings (SSSR count). The highest BCUT2D eigenvalue weighted by atomic mass is 35.5. The highest BCUT2D eigenvalue weighted by molar-refractivity contribution is 5.85. The first-order chi connectivity index (χ1) is 9.11. The summed E-state index contributed by atoms with van der Waals surface area (Å²) in [6.07, 6.45) is 0.142. The van der Waals surface area contributed by atoms with Gasteiger partial charge in [-0.2, -0.15) is 0 Å². The molecule has 1 N–H and O–H groups in total. The third-order valence-electron chi connectivity index (χ3n) is 2.93. The summed E-state index contributed by atoms with van der Waals surface area (Å²) in [7, 11) is 1.32. The van der Waals surface area contributed by atoms with Gasteiger partial charge in [0.1, 0.15) is 12.1 Å². The number of nitrogens with zero attached hydrogens (tertiary/aromatic N) is 1. The van der Waals surface area contributed by atoms with Crippen LogP contribution in [0.1, 0.15) is 6.42 Å². The number of rotatable bonds is 4. The first kappa shape index (κ1) is 16.2. The first-order valence-electron chi connectivity index (χ1n) is 5.83. The average molecular weight is 303 g/mol. The molecule has 0 aromatic heterocycles. The summed E-state index contributed by atoms with van der Waals surface area (Å²) in [6, 6.07) is 5.76. The fourth-order valence-corrected chi connectivity index (χ4v) is 2.00. The standard InChI is InChI=1S/C12H14N2O5.ClH/c1-18-12(15)9-6-8(7-13-9)19-11-5-3-2-4-10(11)14(16)17;/h2-5,8-9,13H,6-7H2,1H3;1H/t8-,9+;/m1./s1. The van der Waals surface area contributed by atoms with Crippen molar-refractivity contribution in [2.24, 2.45) is 0 Å². The quantitative estimate of drug-likeness (QED) is 0.512. The van der Waals surface area contributed by atoms with Crippen LogP contribution in [-0.4, -0.2) is 36.7 Å². The Kier molecular flexibility index (Phi) is 5.72. The van der Waals surface area contributed by atoms with Crippen LogP contribution < -0.4 is 10.1 Å². The van der Waals surface area contributed by atoms with E-state index in [1.54, 1.807) is 18.2 Å². The van der Waals surface area contributed by atoms with Crippen LogP contribution in [0.3, 0.4) is 0 Å². The Labute approximate surface area is 121 Å². The topological polar surface area (TPSA) is 90.7 Å². The van der Waals surface area contributed by atoms with Crippen molar-refractivity contribution >= 4 is 24.1 Å². The summed E-state index contributed by atoms with van der Waals surface area (Å²) in [6.45, 7) is 0.450. The van der Waals surface area contributed by atoms with Crippen LogP contribution >= 0.6 is 12.4 Å². The minimum absolute atomic E-state index is 0. The van der Waals surface area contributed by atoms with E-state index in [4.69, 9.17) is 4.74 Å². The summed E-state index contributed by atoms with van der Waals surface area (Å²) in [5, 5.41) is 13.8. The third-order valence-corrected chi connectivity index (χ3v) is 2.93. The average Bonchev–Trinajstić information content (AvgIpc) is 2.86. The Morgan fingerprint density at radius 3 is 2.80 bits per heavy atom. The van der Waals surface area contributed by atoms with Gasteiger partial charge in [-0.1, -0.05) is 12.1 Å². The van der Waals surface area contributed by atoms with E-state index in [-0.39, 0.29) is 35.9 Å². The van der Waals surface area contributed by atoms with E-state index in [0.717, 1.165) is 0 Å². The van der Waals surface area contributed by atoms with Gasteiger partial charge in [-0.05, 0) is 6.07 Å². The third kappa shape index (κ3) is 3.58. The molecule has 1 aromatic carbocycles. The van der Waals surface area contributed by atoms with Crippen molar-refractivity contribution in [2.45, 2.75) is 18.6 Å². The lowest BCUT2D eigenvalue weighted by atomic mass is 10.2. The lowest BCUT2D eigenvalue weighted by Gasteiger charge is -2.12. The number of carbonyl (C=O) groups is 1. The number of para-hydroxylation sites is 2. The van der Waals surface area contributed by atoms with Gasteiger partial charge in [0.15, 0.2) is 5.75 Å². The number of nitro benzene ring substituents is 1. The van der Waals surface area contributed by atoms with Crippen molar-refractivity contribution in [3.05, 3.63) is 34.4 Å². The predicted molar refractivity (Wildman–Crippen MR) is 73.2 cm³/mol. The number of methoxy groups -OCH3 is 1. The van der Waals surface area contributed by atoms with Crippen LogP contribution in [0, 0.1) is 10.1 Å². The number of nitrogens with one attached hydrogen (secondary N) is 1. The van der Waals surface area contributed by atoms with Crippen molar-refractivity contribution in [1.82, 2.24) is 5.32 Å². The van der Waals surface area contributed by atoms with Crippen LogP contribution in [0.4, 0.5) is 5.69 Å². The van der Waals surface area contributed by atoms with E-state index < -0.39 is 11.0 Å². The zero-order valence-electron chi connectivity index (χ0n) is 10.8. The smallest absolute Gasteiger partial charge is 0.323 e. The van der Waals surface area contributed by atoms with E-state index in [2.05, 4.69) is 10.1 Å². The van der Waals surface area contributed by atoms with Gasteiger partial charge in [0, 0.05) is 19.0 Å². The van der Waals surface area contributed by atoms with Gasteiger partial charge in [0.25, 0.3) is 0 Å². The number of nitro groups is 1. The molecule has 0 amide bonds. The molecule has 1 heterocycles. The SMILES string of the molecule is COC(=O)[C@@H]1C[C@@H](Oc2ccccc2[N+](=O)[O-])CN1.Cl. The van der Waals surface area contributed by atoms with E-state index in [1.165, 1.54) is 13.2 Å². The molecule has 1 aliphatic heterocycles. The Balaban J connectivity index is 0.00000200. The van der Waals surface area contributed by atoms with Gasteiger partial charge in [-0.15, -0.1) is 12.4 Å². The Bertz CT molecular complexity index is 496. The zero-order chi connectivity index (χ0) is 13.8. The summed E-state index contributed by atoms with van der Waals surface area (Å²) >= 11 is 0. The molecule has 0 aliphatic carbocycles. The fraction of sp³-hybridized carbons (Fsp3) is 0.417. The molecule has 0 radical (unpaired) electrons. The monoisotopic (exact) mass is 302 g/mol. The molecule has 0 saturated carbocycles. The van der Waals surface area contributed by atoms with Crippen molar-refractivity contribution in [3.63, 3.8) is 0 Å². The van der Waals surface area contributed by atoms with E-state index in [0.29, 0.717) is 13.0 Å². The fourth-order valence-electron chi connectivity index (χ4n) is 2.00. The second-order valence-electron chi connectivity index (χ2n) is 4.18. The van der Waals surface area contributed by atoms with Gasteiger partial charge in [0.2, 0.25) is 0 Å². The normalized spacial score (nSPS) is 20.9. The van der Waals surface area contributed by atoms with Crippen LogP contribution in [0.5, 0.6) is 5.75 Å².